The van der Waals surface area contributed by atoms with Gasteiger partial charge < -0.3 is 4.90 Å². The van der Waals surface area contributed by atoms with Crippen LogP contribution >= 0.6 is 11.6 Å². The lowest BCUT2D eigenvalue weighted by molar-refractivity contribution is 0.0510. The van der Waals surface area contributed by atoms with E-state index < -0.39 is 11.6 Å². The molecule has 0 spiro atoms. The van der Waals surface area contributed by atoms with Gasteiger partial charge in [0.05, 0.1) is 10.6 Å². The molecule has 0 radical (unpaired) electrons. The minimum atomic E-state index is -1.05. The fraction of sp³-hybridized carbons (Fsp3) is 0.500. The Morgan fingerprint density at radius 3 is 2.32 bits per heavy atom. The molecule has 1 aliphatic heterocycles. The van der Waals surface area contributed by atoms with Crippen molar-refractivity contribution in [3.8, 4) is 0 Å². The Morgan fingerprint density at radius 1 is 1.21 bits per heavy atom. The van der Waals surface area contributed by atoms with E-state index in [2.05, 4.69) is 0 Å². The predicted octanol–water partition coefficient (Wildman–Crippen LogP) is 4.02. The van der Waals surface area contributed by atoms with Crippen LogP contribution in [0.4, 0.5) is 8.78 Å². The Kier molecular flexibility index (Phi) is 4.09. The van der Waals surface area contributed by atoms with Crippen molar-refractivity contribution in [3.63, 3.8) is 0 Å². The van der Waals surface area contributed by atoms with Crippen molar-refractivity contribution in [1.82, 2.24) is 4.90 Å². The lowest BCUT2D eigenvalue weighted by atomic mass is 9.96. The highest BCUT2D eigenvalue weighted by Crippen LogP contribution is 2.28. The maximum absolute atomic E-state index is 13.3. The minimum Gasteiger partial charge on any atom is -0.333 e. The molecule has 1 fully saturated rings. The number of hydrogen-bond acceptors (Lipinski definition) is 1. The second-order valence-electron chi connectivity index (χ2n) is 5.09. The van der Waals surface area contributed by atoms with Crippen molar-refractivity contribution in [2.75, 3.05) is 0 Å². The summed E-state index contributed by atoms with van der Waals surface area (Å²) in [6, 6.07) is 1.90. The first-order valence-electron chi connectivity index (χ1n) is 6.39. The lowest BCUT2D eigenvalue weighted by Crippen LogP contribution is -2.47. The van der Waals surface area contributed by atoms with Crippen molar-refractivity contribution in [1.29, 1.82) is 0 Å². The third-order valence-electron chi connectivity index (χ3n) is 3.67. The number of carbonyl (C=O) groups is 1. The average molecular weight is 288 g/mol. The SMILES string of the molecule is C[C@H]1CCC[C@H](C)N1C(=O)c1cc(F)c(F)cc1Cl. The van der Waals surface area contributed by atoms with Crippen LogP contribution in [0.15, 0.2) is 12.1 Å². The molecular formula is C14H16ClF2NO. The zero-order valence-corrected chi connectivity index (χ0v) is 11.7. The van der Waals surface area contributed by atoms with Gasteiger partial charge in [0.15, 0.2) is 11.6 Å². The van der Waals surface area contributed by atoms with Crippen LogP contribution in [-0.4, -0.2) is 22.9 Å². The summed E-state index contributed by atoms with van der Waals surface area (Å²) in [5.74, 6) is -2.42. The fourth-order valence-corrected chi connectivity index (χ4v) is 2.88. The number of carbonyl (C=O) groups excluding carboxylic acids is 1. The van der Waals surface area contributed by atoms with Gasteiger partial charge in [-0.15, -0.1) is 0 Å². The summed E-state index contributed by atoms with van der Waals surface area (Å²) in [7, 11) is 0. The van der Waals surface area contributed by atoms with Crippen LogP contribution < -0.4 is 0 Å². The Morgan fingerprint density at radius 2 is 1.74 bits per heavy atom. The zero-order chi connectivity index (χ0) is 14.2. The van der Waals surface area contributed by atoms with E-state index in [1.807, 2.05) is 13.8 Å². The number of likely N-dealkylation sites (tertiary alicyclic amines) is 1. The quantitative estimate of drug-likeness (QED) is 0.714. The Labute approximate surface area is 116 Å². The fourth-order valence-electron chi connectivity index (χ4n) is 2.65. The topological polar surface area (TPSA) is 20.3 Å². The van der Waals surface area contributed by atoms with Crippen molar-refractivity contribution in [2.24, 2.45) is 0 Å². The summed E-state index contributed by atoms with van der Waals surface area (Å²) >= 11 is 5.86. The van der Waals surface area contributed by atoms with Crippen LogP contribution in [-0.2, 0) is 0 Å². The average Bonchev–Trinajstić information content (AvgIpc) is 2.33. The molecule has 1 saturated heterocycles. The van der Waals surface area contributed by atoms with Gasteiger partial charge in [0.2, 0.25) is 0 Å². The summed E-state index contributed by atoms with van der Waals surface area (Å²) in [6.07, 6.45) is 2.90. The molecule has 1 amide bonds. The molecule has 0 saturated carbocycles. The van der Waals surface area contributed by atoms with E-state index in [0.29, 0.717) is 0 Å². The molecule has 5 heteroatoms. The van der Waals surface area contributed by atoms with Gasteiger partial charge >= 0.3 is 0 Å². The van der Waals surface area contributed by atoms with E-state index >= 15 is 0 Å². The van der Waals surface area contributed by atoms with Gasteiger partial charge in [0, 0.05) is 12.1 Å². The molecule has 1 heterocycles. The zero-order valence-electron chi connectivity index (χ0n) is 10.9. The standard InChI is InChI=1S/C14H16ClF2NO/c1-8-4-3-5-9(2)18(8)14(19)10-6-12(16)13(17)7-11(10)15/h6-9H,3-5H2,1-2H3/t8-,9-/m0/s1. The Hall–Kier alpha value is -1.16. The van der Waals surface area contributed by atoms with E-state index in [0.717, 1.165) is 31.4 Å². The molecule has 2 atom stereocenters. The van der Waals surface area contributed by atoms with E-state index in [4.69, 9.17) is 11.6 Å². The molecule has 0 unspecified atom stereocenters. The number of benzene rings is 1. The molecule has 1 aromatic carbocycles. The second kappa shape index (κ2) is 5.45. The van der Waals surface area contributed by atoms with Crippen molar-refractivity contribution < 1.29 is 13.6 Å². The molecular weight excluding hydrogens is 272 g/mol. The third kappa shape index (κ3) is 2.73. The molecule has 0 aliphatic carbocycles. The molecule has 0 bridgehead atoms. The Balaban J connectivity index is 2.35. The van der Waals surface area contributed by atoms with Crippen LogP contribution in [0.25, 0.3) is 0 Å². The molecule has 104 valence electrons. The van der Waals surface area contributed by atoms with Gasteiger partial charge in [-0.25, -0.2) is 8.78 Å². The molecule has 2 nitrogen and oxygen atoms in total. The van der Waals surface area contributed by atoms with E-state index in [-0.39, 0.29) is 28.6 Å². The molecule has 1 aromatic rings. The molecule has 0 N–H and O–H groups in total. The van der Waals surface area contributed by atoms with Crippen LogP contribution in [0.1, 0.15) is 43.5 Å². The minimum absolute atomic E-state index is 0.0289. The number of hydrogen-bond donors (Lipinski definition) is 0. The van der Waals surface area contributed by atoms with E-state index in [1.165, 1.54) is 0 Å². The number of halogens is 3. The van der Waals surface area contributed by atoms with E-state index in [9.17, 15) is 13.6 Å². The highest BCUT2D eigenvalue weighted by Gasteiger charge is 2.31. The van der Waals surface area contributed by atoms with Crippen LogP contribution in [0.5, 0.6) is 0 Å². The lowest BCUT2D eigenvalue weighted by Gasteiger charge is -2.39. The highest BCUT2D eigenvalue weighted by atomic mass is 35.5. The third-order valence-corrected chi connectivity index (χ3v) is 3.98. The van der Waals surface area contributed by atoms with Gasteiger partial charge in [-0.1, -0.05) is 11.6 Å². The second-order valence-corrected chi connectivity index (χ2v) is 5.49. The van der Waals surface area contributed by atoms with Crippen molar-refractivity contribution in [2.45, 2.75) is 45.2 Å². The molecule has 19 heavy (non-hydrogen) atoms. The van der Waals surface area contributed by atoms with Gasteiger partial charge in [0.1, 0.15) is 0 Å². The van der Waals surface area contributed by atoms with Gasteiger partial charge in [0.25, 0.3) is 5.91 Å². The Bertz CT molecular complexity index is 496. The molecule has 2 rings (SSSR count). The van der Waals surface area contributed by atoms with E-state index in [1.54, 1.807) is 4.90 Å². The first kappa shape index (κ1) is 14.3. The van der Waals surface area contributed by atoms with Crippen LogP contribution in [0.3, 0.4) is 0 Å². The van der Waals surface area contributed by atoms with Gasteiger partial charge in [-0.3, -0.25) is 4.79 Å². The largest absolute Gasteiger partial charge is 0.333 e. The summed E-state index contributed by atoms with van der Waals surface area (Å²) < 4.78 is 26.3. The number of piperidine rings is 1. The van der Waals surface area contributed by atoms with Gasteiger partial charge in [-0.2, -0.15) is 0 Å². The molecule has 1 aliphatic rings. The van der Waals surface area contributed by atoms with Crippen LogP contribution in [0, 0.1) is 11.6 Å². The van der Waals surface area contributed by atoms with Gasteiger partial charge in [-0.05, 0) is 45.2 Å². The number of rotatable bonds is 1. The summed E-state index contributed by atoms with van der Waals surface area (Å²) in [5.41, 5.74) is 0.0289. The molecule has 0 aromatic heterocycles. The maximum Gasteiger partial charge on any atom is 0.255 e. The predicted molar refractivity (Wildman–Crippen MR) is 70.3 cm³/mol. The first-order chi connectivity index (χ1) is 8.91. The number of nitrogens with zero attached hydrogens (tertiary/aromatic N) is 1. The van der Waals surface area contributed by atoms with Crippen molar-refractivity contribution >= 4 is 17.5 Å². The summed E-state index contributed by atoms with van der Waals surface area (Å²) in [5, 5.41) is -0.0473. The maximum atomic E-state index is 13.3. The number of amides is 1. The smallest absolute Gasteiger partial charge is 0.255 e. The van der Waals surface area contributed by atoms with Crippen molar-refractivity contribution in [3.05, 3.63) is 34.4 Å². The normalized spacial score (nSPS) is 23.5. The van der Waals surface area contributed by atoms with Crippen LogP contribution in [0.2, 0.25) is 5.02 Å². The summed E-state index contributed by atoms with van der Waals surface area (Å²) in [6.45, 7) is 3.92. The summed E-state index contributed by atoms with van der Waals surface area (Å²) in [4.78, 5) is 14.2. The highest BCUT2D eigenvalue weighted by molar-refractivity contribution is 6.33. The monoisotopic (exact) mass is 287 g/mol. The first-order valence-corrected chi connectivity index (χ1v) is 6.76.